The highest BCUT2D eigenvalue weighted by atomic mass is 16.5. The van der Waals surface area contributed by atoms with E-state index in [2.05, 4.69) is 4.90 Å². The summed E-state index contributed by atoms with van der Waals surface area (Å²) in [7, 11) is 0. The lowest BCUT2D eigenvalue weighted by molar-refractivity contribution is 0.122. The Kier molecular flexibility index (Phi) is 3.26. The molecule has 4 nitrogen and oxygen atoms in total. The van der Waals surface area contributed by atoms with Crippen LogP contribution in [-0.2, 0) is 10.3 Å². The average molecular weight is 236 g/mol. The van der Waals surface area contributed by atoms with Crippen molar-refractivity contribution in [3.63, 3.8) is 0 Å². The van der Waals surface area contributed by atoms with Crippen LogP contribution in [0.5, 0.6) is 5.75 Å². The first kappa shape index (κ1) is 12.2. The first-order valence-corrected chi connectivity index (χ1v) is 5.93. The minimum atomic E-state index is -0.535. The topological polar surface area (TPSA) is 58.7 Å². The number of benzene rings is 1. The molecule has 17 heavy (non-hydrogen) atoms. The van der Waals surface area contributed by atoms with E-state index in [1.54, 1.807) is 6.07 Å². The van der Waals surface area contributed by atoms with E-state index in [0.29, 0.717) is 0 Å². The Morgan fingerprint density at radius 1 is 1.29 bits per heavy atom. The first-order chi connectivity index (χ1) is 7.98. The van der Waals surface area contributed by atoms with Gasteiger partial charge in [0.15, 0.2) is 0 Å². The fourth-order valence-corrected chi connectivity index (χ4v) is 2.06. The highest BCUT2D eigenvalue weighted by molar-refractivity contribution is 5.54. The SMILES string of the molecule is CC(C)(N)c1cc(N2CCOCC2)ccc1O. The maximum Gasteiger partial charge on any atom is 0.120 e. The molecule has 1 aromatic carbocycles. The second kappa shape index (κ2) is 4.55. The van der Waals surface area contributed by atoms with Crippen LogP contribution in [0.15, 0.2) is 18.2 Å². The van der Waals surface area contributed by atoms with Crippen molar-refractivity contribution in [2.24, 2.45) is 5.73 Å². The van der Waals surface area contributed by atoms with Crippen LogP contribution in [-0.4, -0.2) is 31.4 Å². The van der Waals surface area contributed by atoms with Crippen LogP contribution in [0.3, 0.4) is 0 Å². The molecule has 0 unspecified atom stereocenters. The largest absolute Gasteiger partial charge is 0.508 e. The van der Waals surface area contributed by atoms with E-state index in [9.17, 15) is 5.11 Å². The fraction of sp³-hybridized carbons (Fsp3) is 0.538. The van der Waals surface area contributed by atoms with Crippen molar-refractivity contribution in [2.45, 2.75) is 19.4 Å². The highest BCUT2D eigenvalue weighted by Gasteiger charge is 2.20. The maximum atomic E-state index is 9.85. The van der Waals surface area contributed by atoms with Gasteiger partial charge in [-0.2, -0.15) is 0 Å². The first-order valence-electron chi connectivity index (χ1n) is 5.93. The van der Waals surface area contributed by atoms with E-state index in [0.717, 1.165) is 37.6 Å². The smallest absolute Gasteiger partial charge is 0.120 e. The molecule has 1 saturated heterocycles. The molecule has 0 aliphatic carbocycles. The van der Waals surface area contributed by atoms with Crippen LogP contribution in [0.2, 0.25) is 0 Å². The summed E-state index contributed by atoms with van der Waals surface area (Å²) in [6, 6.07) is 5.62. The molecular formula is C13H20N2O2. The van der Waals surface area contributed by atoms with Gasteiger partial charge in [-0.3, -0.25) is 0 Å². The van der Waals surface area contributed by atoms with Gasteiger partial charge in [-0.25, -0.2) is 0 Å². The molecule has 1 aliphatic rings. The van der Waals surface area contributed by atoms with Gasteiger partial charge in [0, 0.05) is 29.9 Å². The summed E-state index contributed by atoms with van der Waals surface area (Å²) in [5, 5.41) is 9.85. The summed E-state index contributed by atoms with van der Waals surface area (Å²) < 4.78 is 5.33. The van der Waals surface area contributed by atoms with Crippen molar-refractivity contribution >= 4 is 5.69 Å². The number of phenolic OH excluding ortho intramolecular Hbond substituents is 1. The van der Waals surface area contributed by atoms with Crippen LogP contribution in [0.1, 0.15) is 19.4 Å². The molecule has 0 aromatic heterocycles. The van der Waals surface area contributed by atoms with Crippen LogP contribution in [0.4, 0.5) is 5.69 Å². The van der Waals surface area contributed by atoms with Crippen LogP contribution in [0.25, 0.3) is 0 Å². The Morgan fingerprint density at radius 2 is 1.94 bits per heavy atom. The number of nitrogens with two attached hydrogens (primary N) is 1. The summed E-state index contributed by atoms with van der Waals surface area (Å²) in [6.45, 7) is 7.06. The molecule has 3 N–H and O–H groups in total. The predicted molar refractivity (Wildman–Crippen MR) is 68.4 cm³/mol. The Hall–Kier alpha value is -1.26. The molecule has 0 bridgehead atoms. The Labute approximate surface area is 102 Å². The number of nitrogens with zero attached hydrogens (tertiary/aromatic N) is 1. The molecule has 94 valence electrons. The standard InChI is InChI=1S/C13H20N2O2/c1-13(2,14)11-9-10(3-4-12(11)16)15-5-7-17-8-6-15/h3-4,9,16H,5-8,14H2,1-2H3. The van der Waals surface area contributed by atoms with E-state index in [4.69, 9.17) is 10.5 Å². The van der Waals surface area contributed by atoms with Crippen LogP contribution < -0.4 is 10.6 Å². The quantitative estimate of drug-likeness (QED) is 0.815. The van der Waals surface area contributed by atoms with Gasteiger partial charge in [0.25, 0.3) is 0 Å². The number of hydrogen-bond acceptors (Lipinski definition) is 4. The van der Waals surface area contributed by atoms with Gasteiger partial charge < -0.3 is 20.5 Å². The summed E-state index contributed by atoms with van der Waals surface area (Å²) in [5.74, 6) is 0.259. The molecule has 2 rings (SSSR count). The number of aromatic hydroxyl groups is 1. The minimum absolute atomic E-state index is 0.259. The summed E-state index contributed by atoms with van der Waals surface area (Å²) in [6.07, 6.45) is 0. The normalized spacial score (nSPS) is 17.2. The Balaban J connectivity index is 2.30. The summed E-state index contributed by atoms with van der Waals surface area (Å²) in [5.41, 5.74) is 7.39. The number of phenols is 1. The molecular weight excluding hydrogens is 216 g/mol. The van der Waals surface area contributed by atoms with Crippen molar-refractivity contribution in [3.05, 3.63) is 23.8 Å². The van der Waals surface area contributed by atoms with E-state index in [1.165, 1.54) is 0 Å². The molecule has 0 saturated carbocycles. The molecule has 1 aliphatic heterocycles. The molecule has 1 heterocycles. The highest BCUT2D eigenvalue weighted by Crippen LogP contribution is 2.31. The van der Waals surface area contributed by atoms with Crippen molar-refractivity contribution < 1.29 is 9.84 Å². The van der Waals surface area contributed by atoms with Gasteiger partial charge in [-0.1, -0.05) is 0 Å². The summed E-state index contributed by atoms with van der Waals surface area (Å²) in [4.78, 5) is 2.25. The second-order valence-electron chi connectivity index (χ2n) is 5.02. The van der Waals surface area contributed by atoms with Gasteiger partial charge in [0.05, 0.1) is 13.2 Å². The average Bonchev–Trinajstić information content (AvgIpc) is 2.29. The molecule has 0 radical (unpaired) electrons. The number of morpholine rings is 1. The zero-order valence-corrected chi connectivity index (χ0v) is 10.4. The van der Waals surface area contributed by atoms with Crippen molar-refractivity contribution in [3.8, 4) is 5.75 Å². The lowest BCUT2D eigenvalue weighted by Gasteiger charge is -2.30. The van der Waals surface area contributed by atoms with Crippen molar-refractivity contribution in [1.82, 2.24) is 0 Å². The number of hydrogen-bond donors (Lipinski definition) is 2. The maximum absolute atomic E-state index is 9.85. The molecule has 0 atom stereocenters. The zero-order chi connectivity index (χ0) is 12.5. The van der Waals surface area contributed by atoms with Gasteiger partial charge in [0.1, 0.15) is 5.75 Å². The summed E-state index contributed by atoms with van der Waals surface area (Å²) >= 11 is 0. The van der Waals surface area contributed by atoms with Gasteiger partial charge in [0.2, 0.25) is 0 Å². The Bertz CT molecular complexity index is 393. The number of rotatable bonds is 2. The Morgan fingerprint density at radius 3 is 2.53 bits per heavy atom. The van der Waals surface area contributed by atoms with Gasteiger partial charge in [-0.05, 0) is 32.0 Å². The molecule has 1 fully saturated rings. The molecule has 0 amide bonds. The predicted octanol–water partition coefficient (Wildman–Crippen LogP) is 1.42. The lowest BCUT2D eigenvalue weighted by Crippen LogP contribution is -2.36. The zero-order valence-electron chi connectivity index (χ0n) is 10.4. The number of anilines is 1. The monoisotopic (exact) mass is 236 g/mol. The van der Waals surface area contributed by atoms with Crippen LogP contribution >= 0.6 is 0 Å². The van der Waals surface area contributed by atoms with Crippen molar-refractivity contribution in [1.29, 1.82) is 0 Å². The third-order valence-electron chi connectivity index (χ3n) is 3.05. The van der Waals surface area contributed by atoms with Gasteiger partial charge >= 0.3 is 0 Å². The van der Waals surface area contributed by atoms with Crippen LogP contribution in [0, 0.1) is 0 Å². The molecule has 1 aromatic rings. The fourth-order valence-electron chi connectivity index (χ4n) is 2.06. The molecule has 4 heteroatoms. The van der Waals surface area contributed by atoms with Crippen molar-refractivity contribution in [2.75, 3.05) is 31.2 Å². The lowest BCUT2D eigenvalue weighted by atomic mass is 9.94. The number of ether oxygens (including phenoxy) is 1. The van der Waals surface area contributed by atoms with E-state index >= 15 is 0 Å². The van der Waals surface area contributed by atoms with E-state index < -0.39 is 5.54 Å². The second-order valence-corrected chi connectivity index (χ2v) is 5.02. The molecule has 0 spiro atoms. The van der Waals surface area contributed by atoms with E-state index in [-0.39, 0.29) is 5.75 Å². The minimum Gasteiger partial charge on any atom is -0.508 e. The third kappa shape index (κ3) is 2.70. The van der Waals surface area contributed by atoms with E-state index in [1.807, 2.05) is 26.0 Å². The van der Waals surface area contributed by atoms with Gasteiger partial charge in [-0.15, -0.1) is 0 Å². The third-order valence-corrected chi connectivity index (χ3v) is 3.05.